The number of fused-ring (bicyclic) bond motifs is 1. The van der Waals surface area contributed by atoms with Crippen molar-refractivity contribution in [1.29, 1.82) is 5.26 Å². The van der Waals surface area contributed by atoms with Crippen LogP contribution in [0, 0.1) is 11.3 Å². The minimum absolute atomic E-state index is 0.179. The van der Waals surface area contributed by atoms with E-state index in [0.717, 1.165) is 47.8 Å². The molecule has 4 rings (SSSR count). The van der Waals surface area contributed by atoms with Crippen molar-refractivity contribution in [3.8, 4) is 6.07 Å². The van der Waals surface area contributed by atoms with E-state index in [0.29, 0.717) is 11.6 Å². The zero-order chi connectivity index (χ0) is 17.9. The number of nitriles is 1. The molecule has 1 aliphatic carbocycles. The molecule has 1 N–H and O–H groups in total. The average Bonchev–Trinajstić information content (AvgIpc) is 2.70. The normalized spacial score (nSPS) is 19.8. The second-order valence-electron chi connectivity index (χ2n) is 6.96. The van der Waals surface area contributed by atoms with Crippen LogP contribution in [-0.2, 0) is 0 Å². The summed E-state index contributed by atoms with van der Waals surface area (Å²) in [5.41, 5.74) is 2.99. The van der Waals surface area contributed by atoms with Crippen LogP contribution in [0.4, 0.5) is 11.4 Å². The number of anilines is 2. The van der Waals surface area contributed by atoms with Crippen molar-refractivity contribution in [3.05, 3.63) is 72.3 Å². The third-order valence-corrected chi connectivity index (χ3v) is 5.35. The van der Waals surface area contributed by atoms with Crippen molar-refractivity contribution >= 4 is 22.1 Å². The van der Waals surface area contributed by atoms with E-state index in [1.165, 1.54) is 0 Å². The van der Waals surface area contributed by atoms with Crippen LogP contribution in [-0.4, -0.2) is 17.3 Å². The van der Waals surface area contributed by atoms with Gasteiger partial charge in [0.1, 0.15) is 0 Å². The summed E-state index contributed by atoms with van der Waals surface area (Å²) in [4.78, 5) is 2.40. The number of hydrogen-bond donors (Lipinski definition) is 1. The van der Waals surface area contributed by atoms with Gasteiger partial charge in [0.2, 0.25) is 0 Å². The summed E-state index contributed by atoms with van der Waals surface area (Å²) in [5, 5.41) is 21.5. The van der Waals surface area contributed by atoms with Gasteiger partial charge in [-0.3, -0.25) is 0 Å². The Kier molecular flexibility index (Phi) is 4.60. The first-order valence-electron chi connectivity index (χ1n) is 9.22. The lowest BCUT2D eigenvalue weighted by Gasteiger charge is -2.38. The summed E-state index contributed by atoms with van der Waals surface area (Å²) in [6, 6.07) is 25.2. The summed E-state index contributed by atoms with van der Waals surface area (Å²) in [6.07, 6.45) is 3.42. The molecule has 0 saturated heterocycles. The molecule has 1 saturated carbocycles. The molecule has 130 valence electrons. The molecule has 0 heterocycles. The molecule has 3 aromatic rings. The Morgan fingerprint density at radius 3 is 2.15 bits per heavy atom. The highest BCUT2D eigenvalue weighted by Crippen LogP contribution is 2.38. The molecule has 0 unspecified atom stereocenters. The fourth-order valence-electron chi connectivity index (χ4n) is 4.04. The molecule has 0 aliphatic heterocycles. The minimum atomic E-state index is -0.179. The van der Waals surface area contributed by atoms with Crippen LogP contribution < -0.4 is 4.90 Å². The van der Waals surface area contributed by atoms with E-state index < -0.39 is 0 Å². The second kappa shape index (κ2) is 7.19. The van der Waals surface area contributed by atoms with Gasteiger partial charge < -0.3 is 10.0 Å². The Labute approximate surface area is 154 Å². The van der Waals surface area contributed by atoms with Crippen LogP contribution in [0.25, 0.3) is 10.8 Å². The van der Waals surface area contributed by atoms with Crippen molar-refractivity contribution in [2.45, 2.75) is 37.8 Å². The molecule has 3 nitrogen and oxygen atoms in total. The zero-order valence-corrected chi connectivity index (χ0v) is 14.7. The Bertz CT molecular complexity index is 937. The molecule has 0 aromatic heterocycles. The molecule has 0 amide bonds. The summed E-state index contributed by atoms with van der Waals surface area (Å²) in [7, 11) is 0. The van der Waals surface area contributed by atoms with Gasteiger partial charge in [-0.15, -0.1) is 0 Å². The van der Waals surface area contributed by atoms with E-state index in [1.54, 1.807) is 0 Å². The van der Waals surface area contributed by atoms with E-state index in [2.05, 4.69) is 47.4 Å². The fourth-order valence-corrected chi connectivity index (χ4v) is 4.04. The molecule has 0 atom stereocenters. The molecule has 0 radical (unpaired) electrons. The third-order valence-electron chi connectivity index (χ3n) is 5.35. The van der Waals surface area contributed by atoms with Gasteiger partial charge in [0.25, 0.3) is 0 Å². The summed E-state index contributed by atoms with van der Waals surface area (Å²) < 4.78 is 0. The van der Waals surface area contributed by atoms with E-state index >= 15 is 0 Å². The highest BCUT2D eigenvalue weighted by Gasteiger charge is 2.27. The van der Waals surface area contributed by atoms with Crippen molar-refractivity contribution in [3.63, 3.8) is 0 Å². The topological polar surface area (TPSA) is 47.3 Å². The number of aliphatic hydroxyl groups is 1. The maximum Gasteiger partial charge on any atom is 0.0998 e. The van der Waals surface area contributed by atoms with Crippen LogP contribution in [0.3, 0.4) is 0 Å². The molecule has 0 spiro atoms. The number of rotatable bonds is 3. The summed E-state index contributed by atoms with van der Waals surface area (Å²) in [6.45, 7) is 0. The maximum atomic E-state index is 9.94. The van der Waals surface area contributed by atoms with Gasteiger partial charge in [0.05, 0.1) is 17.7 Å². The molecular formula is C23H22N2O. The fraction of sp³-hybridized carbons (Fsp3) is 0.261. The lowest BCUT2D eigenvalue weighted by molar-refractivity contribution is 0.123. The van der Waals surface area contributed by atoms with Gasteiger partial charge in [-0.1, -0.05) is 42.5 Å². The van der Waals surface area contributed by atoms with Gasteiger partial charge in [0.15, 0.2) is 0 Å². The lowest BCUT2D eigenvalue weighted by atomic mass is 9.90. The molecule has 3 aromatic carbocycles. The summed E-state index contributed by atoms with van der Waals surface area (Å²) >= 11 is 0. The highest BCUT2D eigenvalue weighted by molar-refractivity contribution is 5.99. The number of nitrogens with zero attached hydrogens (tertiary/aromatic N) is 2. The Morgan fingerprint density at radius 2 is 1.46 bits per heavy atom. The van der Waals surface area contributed by atoms with Crippen LogP contribution in [0.5, 0.6) is 0 Å². The largest absolute Gasteiger partial charge is 0.393 e. The Balaban J connectivity index is 1.87. The highest BCUT2D eigenvalue weighted by atomic mass is 16.3. The number of hydrogen-bond acceptors (Lipinski definition) is 3. The second-order valence-corrected chi connectivity index (χ2v) is 6.96. The molecule has 26 heavy (non-hydrogen) atoms. The van der Waals surface area contributed by atoms with Gasteiger partial charge >= 0.3 is 0 Å². The Morgan fingerprint density at radius 1 is 0.808 bits per heavy atom. The molecular weight excluding hydrogens is 320 g/mol. The summed E-state index contributed by atoms with van der Waals surface area (Å²) in [5.74, 6) is 0. The lowest BCUT2D eigenvalue weighted by Crippen LogP contribution is -2.36. The van der Waals surface area contributed by atoms with Gasteiger partial charge in [0, 0.05) is 28.2 Å². The number of para-hydroxylation sites is 1. The van der Waals surface area contributed by atoms with E-state index in [4.69, 9.17) is 0 Å². The molecule has 3 heteroatoms. The molecule has 0 bridgehead atoms. The van der Waals surface area contributed by atoms with Gasteiger partial charge in [-0.05, 0) is 49.9 Å². The quantitative estimate of drug-likeness (QED) is 0.716. The van der Waals surface area contributed by atoms with E-state index in [9.17, 15) is 10.4 Å². The van der Waals surface area contributed by atoms with Gasteiger partial charge in [-0.25, -0.2) is 0 Å². The van der Waals surface area contributed by atoms with Crippen molar-refractivity contribution in [2.75, 3.05) is 4.90 Å². The average molecular weight is 342 g/mol. The van der Waals surface area contributed by atoms with Crippen LogP contribution in [0.2, 0.25) is 0 Å². The van der Waals surface area contributed by atoms with Crippen molar-refractivity contribution in [2.24, 2.45) is 0 Å². The first kappa shape index (κ1) is 16.6. The smallest absolute Gasteiger partial charge is 0.0998 e. The van der Waals surface area contributed by atoms with E-state index in [1.807, 2.05) is 30.3 Å². The van der Waals surface area contributed by atoms with Crippen LogP contribution in [0.15, 0.2) is 66.7 Å². The van der Waals surface area contributed by atoms with Crippen molar-refractivity contribution < 1.29 is 5.11 Å². The van der Waals surface area contributed by atoms with Crippen LogP contribution >= 0.6 is 0 Å². The number of benzene rings is 3. The molecule has 1 fully saturated rings. The predicted molar refractivity (Wildman–Crippen MR) is 106 cm³/mol. The standard InChI is InChI=1S/C23H22N2O/c24-16-17-10-15-23(22-9-5-4-8-21(17)22)25(18-6-2-1-3-7-18)19-11-13-20(26)14-12-19/h1-10,15,19-20,26H,11-14H2/t19-,20-. The van der Waals surface area contributed by atoms with Crippen molar-refractivity contribution in [1.82, 2.24) is 0 Å². The monoisotopic (exact) mass is 342 g/mol. The predicted octanol–water partition coefficient (Wildman–Crippen LogP) is 5.15. The minimum Gasteiger partial charge on any atom is -0.393 e. The van der Waals surface area contributed by atoms with Gasteiger partial charge in [-0.2, -0.15) is 5.26 Å². The SMILES string of the molecule is N#Cc1ccc(N(c2ccccc2)[C@H]2CC[C@H](O)CC2)c2ccccc12. The Hall–Kier alpha value is -2.83. The first-order chi connectivity index (χ1) is 12.8. The zero-order valence-electron chi connectivity index (χ0n) is 14.7. The third kappa shape index (κ3) is 3.05. The molecule has 1 aliphatic rings. The maximum absolute atomic E-state index is 9.94. The first-order valence-corrected chi connectivity index (χ1v) is 9.22. The van der Waals surface area contributed by atoms with Crippen LogP contribution in [0.1, 0.15) is 31.2 Å². The number of aliphatic hydroxyl groups excluding tert-OH is 1. The van der Waals surface area contributed by atoms with E-state index in [-0.39, 0.29) is 6.10 Å².